The average molecular weight is 272 g/mol. The normalized spacial score (nSPS) is 22.1. The standard InChI is InChI=1S/C14H16N4O2/c1-8(19)11-6-12(18-17-11)14(20)16-13-7-15-10-5-3-2-4-9(10)13/h2-5,7,11-12,15,17-18H,6H2,1H3,(H,16,20). The summed E-state index contributed by atoms with van der Waals surface area (Å²) in [7, 11) is 0. The number of rotatable bonds is 3. The lowest BCUT2D eigenvalue weighted by atomic mass is 10.1. The summed E-state index contributed by atoms with van der Waals surface area (Å²) in [4.78, 5) is 26.6. The van der Waals surface area contributed by atoms with E-state index in [4.69, 9.17) is 0 Å². The van der Waals surface area contributed by atoms with Gasteiger partial charge in [-0.05, 0) is 19.4 Å². The molecule has 1 aromatic carbocycles. The first-order chi connectivity index (χ1) is 9.65. The summed E-state index contributed by atoms with van der Waals surface area (Å²) in [5, 5.41) is 3.85. The van der Waals surface area contributed by atoms with Gasteiger partial charge in [-0.3, -0.25) is 9.59 Å². The molecule has 20 heavy (non-hydrogen) atoms. The van der Waals surface area contributed by atoms with Gasteiger partial charge in [-0.15, -0.1) is 0 Å². The molecule has 104 valence electrons. The van der Waals surface area contributed by atoms with E-state index in [1.807, 2.05) is 24.3 Å². The van der Waals surface area contributed by atoms with Gasteiger partial charge in [0.15, 0.2) is 0 Å². The van der Waals surface area contributed by atoms with Crippen molar-refractivity contribution < 1.29 is 9.59 Å². The van der Waals surface area contributed by atoms with E-state index in [0.717, 1.165) is 16.6 Å². The number of Topliss-reactive ketones (excluding diaryl/α,β-unsaturated/α-hetero) is 1. The van der Waals surface area contributed by atoms with Crippen LogP contribution in [0.25, 0.3) is 10.9 Å². The van der Waals surface area contributed by atoms with E-state index in [-0.39, 0.29) is 17.7 Å². The number of carbonyl (C=O) groups is 2. The fourth-order valence-corrected chi connectivity index (χ4v) is 2.39. The number of hydrazine groups is 1. The summed E-state index contributed by atoms with van der Waals surface area (Å²) in [5.74, 6) is -0.120. The molecule has 2 aromatic rings. The Kier molecular flexibility index (Phi) is 3.25. The van der Waals surface area contributed by atoms with Crippen molar-refractivity contribution >= 4 is 28.3 Å². The lowest BCUT2D eigenvalue weighted by molar-refractivity contribution is -0.118. The molecular weight excluding hydrogens is 256 g/mol. The van der Waals surface area contributed by atoms with Crippen LogP contribution in [0.15, 0.2) is 30.5 Å². The summed E-state index contributed by atoms with van der Waals surface area (Å²) < 4.78 is 0. The van der Waals surface area contributed by atoms with Crippen molar-refractivity contribution in [2.24, 2.45) is 0 Å². The number of amides is 1. The molecule has 4 N–H and O–H groups in total. The number of fused-ring (bicyclic) bond motifs is 1. The maximum Gasteiger partial charge on any atom is 0.242 e. The van der Waals surface area contributed by atoms with Gasteiger partial charge in [0, 0.05) is 17.1 Å². The minimum atomic E-state index is -0.405. The molecule has 1 saturated heterocycles. The first-order valence-corrected chi connectivity index (χ1v) is 6.53. The average Bonchev–Trinajstić information content (AvgIpc) is 3.06. The van der Waals surface area contributed by atoms with Crippen molar-refractivity contribution in [2.75, 3.05) is 5.32 Å². The van der Waals surface area contributed by atoms with Gasteiger partial charge in [0.05, 0.1) is 11.7 Å². The minimum Gasteiger partial charge on any atom is -0.359 e. The van der Waals surface area contributed by atoms with E-state index in [1.165, 1.54) is 6.92 Å². The highest BCUT2D eigenvalue weighted by molar-refractivity contribution is 6.03. The van der Waals surface area contributed by atoms with Crippen molar-refractivity contribution in [3.63, 3.8) is 0 Å². The maximum atomic E-state index is 12.2. The van der Waals surface area contributed by atoms with Crippen molar-refractivity contribution in [2.45, 2.75) is 25.4 Å². The number of carbonyl (C=O) groups excluding carboxylic acids is 2. The minimum absolute atomic E-state index is 0.0277. The first-order valence-electron chi connectivity index (χ1n) is 6.53. The molecule has 0 radical (unpaired) electrons. The summed E-state index contributed by atoms with van der Waals surface area (Å²) in [6.45, 7) is 1.51. The molecule has 2 unspecified atom stereocenters. The Hall–Kier alpha value is -2.18. The van der Waals surface area contributed by atoms with Crippen LogP contribution in [0.3, 0.4) is 0 Å². The molecule has 2 atom stereocenters. The molecule has 1 amide bonds. The number of aromatic nitrogens is 1. The summed E-state index contributed by atoms with van der Waals surface area (Å²) in [6, 6.07) is 7.05. The zero-order valence-electron chi connectivity index (χ0n) is 11.1. The highest BCUT2D eigenvalue weighted by Crippen LogP contribution is 2.23. The van der Waals surface area contributed by atoms with Crippen molar-refractivity contribution in [1.29, 1.82) is 0 Å². The number of anilines is 1. The number of benzene rings is 1. The molecule has 1 aliphatic rings. The quantitative estimate of drug-likeness (QED) is 0.669. The third kappa shape index (κ3) is 2.31. The molecule has 0 aliphatic carbocycles. The third-order valence-electron chi connectivity index (χ3n) is 3.56. The number of H-pyrrole nitrogens is 1. The van der Waals surface area contributed by atoms with E-state index in [9.17, 15) is 9.59 Å². The molecule has 3 rings (SSSR count). The topological polar surface area (TPSA) is 86.0 Å². The fraction of sp³-hybridized carbons (Fsp3) is 0.286. The zero-order valence-corrected chi connectivity index (χ0v) is 11.1. The van der Waals surface area contributed by atoms with E-state index in [1.54, 1.807) is 6.20 Å². The van der Waals surface area contributed by atoms with E-state index in [0.29, 0.717) is 6.42 Å². The van der Waals surface area contributed by atoms with Crippen LogP contribution in [0.1, 0.15) is 13.3 Å². The second-order valence-electron chi connectivity index (χ2n) is 4.98. The molecule has 6 heteroatoms. The molecule has 6 nitrogen and oxygen atoms in total. The van der Waals surface area contributed by atoms with Crippen LogP contribution in [0.2, 0.25) is 0 Å². The molecule has 1 fully saturated rings. The number of ketones is 1. The maximum absolute atomic E-state index is 12.2. The Balaban J connectivity index is 1.72. The SMILES string of the molecule is CC(=O)C1CC(C(=O)Nc2c[nH]c3ccccc23)NN1. The molecule has 2 heterocycles. The first kappa shape index (κ1) is 12.8. The number of aromatic amines is 1. The van der Waals surface area contributed by atoms with E-state index in [2.05, 4.69) is 21.2 Å². The van der Waals surface area contributed by atoms with Gasteiger partial charge in [-0.2, -0.15) is 0 Å². The number of nitrogens with one attached hydrogen (secondary N) is 4. The molecule has 1 aliphatic heterocycles. The predicted octanol–water partition coefficient (Wildman–Crippen LogP) is 0.930. The Morgan fingerprint density at radius 1 is 1.20 bits per heavy atom. The molecular formula is C14H16N4O2. The molecule has 1 aromatic heterocycles. The second-order valence-corrected chi connectivity index (χ2v) is 4.98. The Labute approximate surface area is 115 Å². The van der Waals surface area contributed by atoms with Crippen LogP contribution in [-0.2, 0) is 9.59 Å². The predicted molar refractivity (Wildman–Crippen MR) is 76.1 cm³/mol. The summed E-state index contributed by atoms with van der Waals surface area (Å²) in [5.41, 5.74) is 7.41. The molecule has 0 saturated carbocycles. The van der Waals surface area contributed by atoms with Gasteiger partial charge >= 0.3 is 0 Å². The Morgan fingerprint density at radius 3 is 2.70 bits per heavy atom. The lowest BCUT2D eigenvalue weighted by Gasteiger charge is -2.09. The van der Waals surface area contributed by atoms with Crippen LogP contribution in [0.4, 0.5) is 5.69 Å². The Morgan fingerprint density at radius 2 is 1.95 bits per heavy atom. The van der Waals surface area contributed by atoms with Gasteiger partial charge in [0.2, 0.25) is 5.91 Å². The molecule has 0 bridgehead atoms. The van der Waals surface area contributed by atoms with Crippen LogP contribution in [0.5, 0.6) is 0 Å². The van der Waals surface area contributed by atoms with Gasteiger partial charge in [-0.1, -0.05) is 18.2 Å². The van der Waals surface area contributed by atoms with Crippen molar-refractivity contribution in [3.8, 4) is 0 Å². The van der Waals surface area contributed by atoms with Crippen LogP contribution < -0.4 is 16.2 Å². The third-order valence-corrected chi connectivity index (χ3v) is 3.56. The number of para-hydroxylation sites is 1. The van der Waals surface area contributed by atoms with Crippen LogP contribution in [0, 0.1) is 0 Å². The van der Waals surface area contributed by atoms with Gasteiger partial charge < -0.3 is 10.3 Å². The summed E-state index contributed by atoms with van der Waals surface area (Å²) in [6.07, 6.45) is 2.23. The monoisotopic (exact) mass is 272 g/mol. The van der Waals surface area contributed by atoms with E-state index >= 15 is 0 Å². The van der Waals surface area contributed by atoms with Crippen molar-refractivity contribution in [3.05, 3.63) is 30.5 Å². The van der Waals surface area contributed by atoms with Gasteiger partial charge in [-0.25, -0.2) is 10.9 Å². The number of hydrogen-bond acceptors (Lipinski definition) is 4. The Bertz CT molecular complexity index is 664. The zero-order chi connectivity index (χ0) is 14.1. The van der Waals surface area contributed by atoms with Gasteiger partial charge in [0.25, 0.3) is 0 Å². The highest BCUT2D eigenvalue weighted by atomic mass is 16.2. The fourth-order valence-electron chi connectivity index (χ4n) is 2.39. The smallest absolute Gasteiger partial charge is 0.242 e. The van der Waals surface area contributed by atoms with E-state index < -0.39 is 6.04 Å². The summed E-state index contributed by atoms with van der Waals surface area (Å²) >= 11 is 0. The van der Waals surface area contributed by atoms with Gasteiger partial charge in [0.1, 0.15) is 11.8 Å². The lowest BCUT2D eigenvalue weighted by Crippen LogP contribution is -2.40. The van der Waals surface area contributed by atoms with Crippen LogP contribution >= 0.6 is 0 Å². The highest BCUT2D eigenvalue weighted by Gasteiger charge is 2.31. The number of hydrogen-bond donors (Lipinski definition) is 4. The largest absolute Gasteiger partial charge is 0.359 e. The molecule has 0 spiro atoms. The van der Waals surface area contributed by atoms with Crippen molar-refractivity contribution in [1.82, 2.24) is 15.8 Å². The van der Waals surface area contributed by atoms with Crippen LogP contribution in [-0.4, -0.2) is 28.8 Å². The second kappa shape index (κ2) is 5.07.